The third-order valence-corrected chi connectivity index (χ3v) is 4.69. The van der Waals surface area contributed by atoms with Gasteiger partial charge >= 0.3 is 6.09 Å². The Labute approximate surface area is 137 Å². The molecule has 2 heterocycles. The number of nitrogens with zero attached hydrogens (tertiary/aromatic N) is 1. The Morgan fingerprint density at radius 3 is 2.70 bits per heavy atom. The average molecular weight is 318 g/mol. The van der Waals surface area contributed by atoms with E-state index in [1.165, 1.54) is 5.56 Å². The minimum absolute atomic E-state index is 0.138. The predicted octanol–water partition coefficient (Wildman–Crippen LogP) is 2.73. The van der Waals surface area contributed by atoms with Gasteiger partial charge in [0, 0.05) is 31.8 Å². The van der Waals surface area contributed by atoms with E-state index in [-0.39, 0.29) is 12.2 Å². The number of carbonyl (C=O) groups is 1. The third-order valence-electron chi connectivity index (χ3n) is 4.69. The van der Waals surface area contributed by atoms with Crippen molar-refractivity contribution in [3.63, 3.8) is 0 Å². The molecular weight excluding hydrogens is 292 g/mol. The van der Waals surface area contributed by atoms with Crippen LogP contribution in [0.2, 0.25) is 0 Å². The number of piperidine rings is 1. The summed E-state index contributed by atoms with van der Waals surface area (Å²) in [5, 5.41) is 3.75. The molecular formula is C18H26N2O3. The van der Waals surface area contributed by atoms with Crippen LogP contribution in [0.1, 0.15) is 37.9 Å². The van der Waals surface area contributed by atoms with Crippen molar-refractivity contribution in [1.82, 2.24) is 10.2 Å². The van der Waals surface area contributed by atoms with Crippen molar-refractivity contribution in [3.8, 4) is 0 Å². The van der Waals surface area contributed by atoms with Gasteiger partial charge in [-0.15, -0.1) is 0 Å². The molecule has 2 aliphatic rings. The highest BCUT2D eigenvalue weighted by Gasteiger charge is 2.32. The lowest BCUT2D eigenvalue weighted by Crippen LogP contribution is -2.48. The molecule has 5 heteroatoms. The molecule has 2 saturated heterocycles. The second kappa shape index (κ2) is 7.79. The quantitative estimate of drug-likeness (QED) is 0.927. The lowest BCUT2D eigenvalue weighted by molar-refractivity contribution is 0.0834. The number of likely N-dealkylation sites (tertiary alicyclic amines) is 1. The first kappa shape index (κ1) is 16.3. The molecule has 2 aliphatic heterocycles. The number of hydrogen-bond acceptors (Lipinski definition) is 4. The van der Waals surface area contributed by atoms with Gasteiger partial charge in [0.25, 0.3) is 0 Å². The van der Waals surface area contributed by atoms with Gasteiger partial charge in [-0.25, -0.2) is 4.79 Å². The van der Waals surface area contributed by atoms with Gasteiger partial charge in [0.2, 0.25) is 0 Å². The normalized spacial score (nSPS) is 25.5. The lowest BCUT2D eigenvalue weighted by Gasteiger charge is -2.34. The van der Waals surface area contributed by atoms with E-state index >= 15 is 0 Å². The Morgan fingerprint density at radius 1 is 1.26 bits per heavy atom. The maximum absolute atomic E-state index is 11.7. The number of carbonyl (C=O) groups excluding carboxylic acids is 1. The minimum Gasteiger partial charge on any atom is -0.450 e. The van der Waals surface area contributed by atoms with Crippen molar-refractivity contribution < 1.29 is 14.3 Å². The highest BCUT2D eigenvalue weighted by Crippen LogP contribution is 2.30. The van der Waals surface area contributed by atoms with Crippen LogP contribution in [0.15, 0.2) is 30.3 Å². The van der Waals surface area contributed by atoms with Gasteiger partial charge in [-0.2, -0.15) is 0 Å². The molecule has 0 saturated carbocycles. The molecule has 126 valence electrons. The maximum Gasteiger partial charge on any atom is 0.409 e. The van der Waals surface area contributed by atoms with Gasteiger partial charge < -0.3 is 19.7 Å². The number of ether oxygens (including phenoxy) is 2. The van der Waals surface area contributed by atoms with E-state index in [9.17, 15) is 4.79 Å². The van der Waals surface area contributed by atoms with Gasteiger partial charge in [0.1, 0.15) is 0 Å². The SMILES string of the molecule is CCOC(=O)N1CCC(N[C@H]2CCO[C@@H]2c2ccccc2)CC1. The first-order valence-electron chi connectivity index (χ1n) is 8.62. The first-order chi connectivity index (χ1) is 11.3. The molecule has 1 N–H and O–H groups in total. The fourth-order valence-electron chi connectivity index (χ4n) is 3.48. The van der Waals surface area contributed by atoms with Crippen molar-refractivity contribution in [2.24, 2.45) is 0 Å². The number of amides is 1. The van der Waals surface area contributed by atoms with Gasteiger partial charge in [-0.3, -0.25) is 0 Å². The molecule has 2 atom stereocenters. The van der Waals surface area contributed by atoms with Crippen LogP contribution in [-0.2, 0) is 9.47 Å². The largest absolute Gasteiger partial charge is 0.450 e. The average Bonchev–Trinajstić information content (AvgIpc) is 3.05. The molecule has 0 aliphatic carbocycles. The van der Waals surface area contributed by atoms with Crippen LogP contribution in [0.25, 0.3) is 0 Å². The molecule has 2 fully saturated rings. The van der Waals surface area contributed by atoms with E-state index in [0.717, 1.165) is 39.0 Å². The molecule has 0 spiro atoms. The van der Waals surface area contributed by atoms with E-state index in [4.69, 9.17) is 9.47 Å². The Kier molecular flexibility index (Phi) is 5.51. The Hall–Kier alpha value is -1.59. The summed E-state index contributed by atoms with van der Waals surface area (Å²) in [6, 6.07) is 11.2. The Morgan fingerprint density at radius 2 is 2.00 bits per heavy atom. The van der Waals surface area contributed by atoms with E-state index < -0.39 is 0 Å². The third kappa shape index (κ3) is 4.03. The van der Waals surface area contributed by atoms with Gasteiger partial charge in [-0.05, 0) is 31.7 Å². The molecule has 0 bridgehead atoms. The Bertz CT molecular complexity index is 500. The monoisotopic (exact) mass is 318 g/mol. The zero-order valence-electron chi connectivity index (χ0n) is 13.7. The number of nitrogens with one attached hydrogen (secondary N) is 1. The summed E-state index contributed by atoms with van der Waals surface area (Å²) in [6.45, 7) is 4.62. The molecule has 3 rings (SSSR count). The van der Waals surface area contributed by atoms with Gasteiger partial charge in [0.15, 0.2) is 0 Å². The summed E-state index contributed by atoms with van der Waals surface area (Å²) in [6.07, 6.45) is 2.93. The molecule has 0 radical (unpaired) electrons. The topological polar surface area (TPSA) is 50.8 Å². The fraction of sp³-hybridized carbons (Fsp3) is 0.611. The van der Waals surface area contributed by atoms with E-state index in [1.807, 2.05) is 17.9 Å². The molecule has 0 unspecified atom stereocenters. The van der Waals surface area contributed by atoms with Crippen LogP contribution in [0.5, 0.6) is 0 Å². The highest BCUT2D eigenvalue weighted by molar-refractivity contribution is 5.67. The van der Waals surface area contributed by atoms with Crippen LogP contribution in [-0.4, -0.2) is 49.4 Å². The molecule has 1 aromatic rings. The first-order valence-corrected chi connectivity index (χ1v) is 8.62. The van der Waals surface area contributed by atoms with Crippen LogP contribution in [0.4, 0.5) is 4.79 Å². The molecule has 1 aromatic carbocycles. The number of rotatable bonds is 4. The van der Waals surface area contributed by atoms with Crippen molar-refractivity contribution in [3.05, 3.63) is 35.9 Å². The summed E-state index contributed by atoms with van der Waals surface area (Å²) in [7, 11) is 0. The van der Waals surface area contributed by atoms with Gasteiger partial charge in [0.05, 0.1) is 12.7 Å². The van der Waals surface area contributed by atoms with Crippen molar-refractivity contribution in [1.29, 1.82) is 0 Å². The maximum atomic E-state index is 11.7. The molecule has 23 heavy (non-hydrogen) atoms. The molecule has 5 nitrogen and oxygen atoms in total. The summed E-state index contributed by atoms with van der Waals surface area (Å²) in [4.78, 5) is 13.6. The highest BCUT2D eigenvalue weighted by atomic mass is 16.6. The van der Waals surface area contributed by atoms with Crippen molar-refractivity contribution in [2.75, 3.05) is 26.3 Å². The number of benzene rings is 1. The van der Waals surface area contributed by atoms with E-state index in [1.54, 1.807) is 0 Å². The second-order valence-corrected chi connectivity index (χ2v) is 6.22. The lowest BCUT2D eigenvalue weighted by atomic mass is 9.98. The second-order valence-electron chi connectivity index (χ2n) is 6.22. The standard InChI is InChI=1S/C18H26N2O3/c1-2-22-18(21)20-11-8-15(9-12-20)19-16-10-13-23-17(16)14-6-4-3-5-7-14/h3-7,15-17,19H,2,8-13H2,1H3/t16-,17+/m0/s1. The van der Waals surface area contributed by atoms with E-state index in [2.05, 4.69) is 29.6 Å². The van der Waals surface area contributed by atoms with Crippen LogP contribution >= 0.6 is 0 Å². The molecule has 1 amide bonds. The van der Waals surface area contributed by atoms with Crippen LogP contribution in [0, 0.1) is 0 Å². The van der Waals surface area contributed by atoms with Crippen LogP contribution in [0.3, 0.4) is 0 Å². The minimum atomic E-state index is -0.183. The predicted molar refractivity (Wildman–Crippen MR) is 88.3 cm³/mol. The Balaban J connectivity index is 1.51. The fourth-order valence-corrected chi connectivity index (χ4v) is 3.48. The van der Waals surface area contributed by atoms with Gasteiger partial charge in [-0.1, -0.05) is 30.3 Å². The zero-order chi connectivity index (χ0) is 16.1. The zero-order valence-corrected chi connectivity index (χ0v) is 13.7. The van der Waals surface area contributed by atoms with Crippen LogP contribution < -0.4 is 5.32 Å². The number of hydrogen-bond donors (Lipinski definition) is 1. The van der Waals surface area contributed by atoms with E-state index in [0.29, 0.717) is 18.7 Å². The summed E-state index contributed by atoms with van der Waals surface area (Å²) >= 11 is 0. The molecule has 0 aromatic heterocycles. The van der Waals surface area contributed by atoms with Crippen molar-refractivity contribution >= 4 is 6.09 Å². The summed E-state index contributed by atoms with van der Waals surface area (Å²) in [5.74, 6) is 0. The van der Waals surface area contributed by atoms with Crippen molar-refractivity contribution in [2.45, 2.75) is 44.4 Å². The summed E-state index contributed by atoms with van der Waals surface area (Å²) < 4.78 is 11.0. The smallest absolute Gasteiger partial charge is 0.409 e. The summed E-state index contributed by atoms with van der Waals surface area (Å²) in [5.41, 5.74) is 1.24.